The van der Waals surface area contributed by atoms with Crippen LogP contribution in [0.15, 0.2) is 53.3 Å². The molecule has 2 heterocycles. The third-order valence-electron chi connectivity index (χ3n) is 5.42. The van der Waals surface area contributed by atoms with Crippen LogP contribution in [0, 0.1) is 0 Å². The molecule has 32 heavy (non-hydrogen) atoms. The fraction of sp³-hybridized carbons (Fsp3) is 0.292. The number of methoxy groups -OCH3 is 2. The topological polar surface area (TPSA) is 82.9 Å². The van der Waals surface area contributed by atoms with Gasteiger partial charge in [0.25, 0.3) is 5.91 Å². The van der Waals surface area contributed by atoms with Crippen molar-refractivity contribution in [1.82, 2.24) is 14.7 Å². The van der Waals surface area contributed by atoms with Crippen molar-refractivity contribution in [2.75, 3.05) is 27.4 Å². The van der Waals surface area contributed by atoms with Crippen molar-refractivity contribution >= 4 is 5.91 Å². The molecule has 0 unspecified atom stereocenters. The minimum absolute atomic E-state index is 0.150. The Labute approximate surface area is 186 Å². The van der Waals surface area contributed by atoms with E-state index in [2.05, 4.69) is 11.2 Å². The zero-order valence-corrected chi connectivity index (χ0v) is 18.3. The van der Waals surface area contributed by atoms with E-state index < -0.39 is 11.3 Å². The number of hydrogen-bond donors (Lipinski definition) is 0. The molecule has 0 fully saturated rings. The van der Waals surface area contributed by atoms with Gasteiger partial charge in [0.2, 0.25) is 11.3 Å². The first kappa shape index (κ1) is 21.4. The Morgan fingerprint density at radius 3 is 2.50 bits per heavy atom. The second-order valence-corrected chi connectivity index (χ2v) is 7.32. The summed E-state index contributed by atoms with van der Waals surface area (Å²) in [5.74, 6) is 0.888. The van der Waals surface area contributed by atoms with Crippen LogP contribution in [0.2, 0.25) is 0 Å². The predicted molar refractivity (Wildman–Crippen MR) is 119 cm³/mol. The molecule has 0 N–H and O–H groups in total. The molecule has 0 saturated heterocycles. The molecule has 0 spiro atoms. The maximum Gasteiger partial charge on any atom is 0.278 e. The van der Waals surface area contributed by atoms with Crippen LogP contribution in [0.4, 0.5) is 0 Å². The number of fused-ring (bicyclic) bond motifs is 1. The van der Waals surface area contributed by atoms with E-state index in [-0.39, 0.29) is 11.6 Å². The smallest absolute Gasteiger partial charge is 0.278 e. The molecular weight excluding hydrogens is 410 g/mol. The van der Waals surface area contributed by atoms with Crippen LogP contribution in [0.25, 0.3) is 5.69 Å². The van der Waals surface area contributed by atoms with Crippen LogP contribution in [0.3, 0.4) is 0 Å². The summed E-state index contributed by atoms with van der Waals surface area (Å²) in [5.41, 5.74) is 2.25. The summed E-state index contributed by atoms with van der Waals surface area (Å²) >= 11 is 0. The number of amides is 1. The highest BCUT2D eigenvalue weighted by Gasteiger charge is 2.26. The van der Waals surface area contributed by atoms with Gasteiger partial charge in [0.1, 0.15) is 0 Å². The largest absolute Gasteiger partial charge is 0.493 e. The molecule has 1 aliphatic rings. The first-order valence-electron chi connectivity index (χ1n) is 10.4. The zero-order chi connectivity index (χ0) is 22.7. The zero-order valence-electron chi connectivity index (χ0n) is 18.3. The molecule has 0 atom stereocenters. The van der Waals surface area contributed by atoms with E-state index in [0.29, 0.717) is 36.9 Å². The van der Waals surface area contributed by atoms with Crippen molar-refractivity contribution in [3.05, 3.63) is 75.6 Å². The Bertz CT molecular complexity index is 1200. The first-order valence-corrected chi connectivity index (χ1v) is 10.4. The Morgan fingerprint density at radius 2 is 1.78 bits per heavy atom. The van der Waals surface area contributed by atoms with Crippen molar-refractivity contribution in [1.29, 1.82) is 0 Å². The van der Waals surface area contributed by atoms with E-state index in [1.165, 1.54) is 23.4 Å². The number of aromatic nitrogens is 2. The van der Waals surface area contributed by atoms with Gasteiger partial charge < -0.3 is 19.1 Å². The van der Waals surface area contributed by atoms with Gasteiger partial charge in [-0.3, -0.25) is 9.59 Å². The third-order valence-corrected chi connectivity index (χ3v) is 5.42. The van der Waals surface area contributed by atoms with Gasteiger partial charge in [-0.15, -0.1) is 0 Å². The Hall–Kier alpha value is -3.81. The van der Waals surface area contributed by atoms with Crippen LogP contribution >= 0.6 is 0 Å². The number of carbonyl (C=O) groups is 1. The molecule has 1 aromatic heterocycles. The summed E-state index contributed by atoms with van der Waals surface area (Å²) in [6.07, 6.45) is 0.739. The molecule has 0 saturated carbocycles. The second kappa shape index (κ2) is 9.13. The van der Waals surface area contributed by atoms with Gasteiger partial charge in [-0.25, -0.2) is 0 Å². The van der Waals surface area contributed by atoms with Gasteiger partial charge >= 0.3 is 0 Å². The second-order valence-electron chi connectivity index (χ2n) is 7.32. The highest BCUT2D eigenvalue weighted by atomic mass is 16.5. The van der Waals surface area contributed by atoms with Crippen molar-refractivity contribution in [3.8, 4) is 23.1 Å². The standard InChI is InChI=1S/C24H25N3O5/c1-4-32-22-14-19(28)23(24(29)26-12-11-16-7-5-6-8-17(16)15-26)25-27(22)18-9-10-20(30-2)21(13-18)31-3/h5-10,13-14H,4,11-12,15H2,1-3H3. The summed E-state index contributed by atoms with van der Waals surface area (Å²) in [6, 6.07) is 14.5. The van der Waals surface area contributed by atoms with E-state index in [1.807, 2.05) is 25.1 Å². The first-order chi connectivity index (χ1) is 15.5. The summed E-state index contributed by atoms with van der Waals surface area (Å²) in [5, 5.41) is 4.41. The number of ether oxygens (including phenoxy) is 3. The summed E-state index contributed by atoms with van der Waals surface area (Å²) in [6.45, 7) is 3.12. The molecule has 1 amide bonds. The van der Waals surface area contributed by atoms with Crippen LogP contribution in [0.5, 0.6) is 17.4 Å². The van der Waals surface area contributed by atoms with Gasteiger partial charge in [-0.2, -0.15) is 9.78 Å². The fourth-order valence-corrected chi connectivity index (χ4v) is 3.80. The van der Waals surface area contributed by atoms with Crippen LogP contribution in [0.1, 0.15) is 28.5 Å². The van der Waals surface area contributed by atoms with Crippen LogP contribution in [-0.4, -0.2) is 48.0 Å². The normalized spacial score (nSPS) is 12.8. The number of rotatable bonds is 6. The van der Waals surface area contributed by atoms with Crippen molar-refractivity contribution in [2.45, 2.75) is 19.9 Å². The highest BCUT2D eigenvalue weighted by Crippen LogP contribution is 2.30. The molecule has 0 aliphatic carbocycles. The van der Waals surface area contributed by atoms with E-state index >= 15 is 0 Å². The van der Waals surface area contributed by atoms with E-state index in [9.17, 15) is 9.59 Å². The molecule has 0 bridgehead atoms. The average molecular weight is 435 g/mol. The highest BCUT2D eigenvalue weighted by molar-refractivity contribution is 5.92. The monoisotopic (exact) mass is 435 g/mol. The summed E-state index contributed by atoms with van der Waals surface area (Å²) in [4.78, 5) is 27.7. The van der Waals surface area contributed by atoms with Gasteiger partial charge in [0, 0.05) is 19.2 Å². The lowest BCUT2D eigenvalue weighted by atomic mass is 10.00. The lowest BCUT2D eigenvalue weighted by Crippen LogP contribution is -2.39. The van der Waals surface area contributed by atoms with Crippen molar-refractivity contribution in [3.63, 3.8) is 0 Å². The van der Waals surface area contributed by atoms with Gasteiger partial charge in [0.15, 0.2) is 17.2 Å². The Balaban J connectivity index is 1.74. The number of nitrogens with zero attached hydrogens (tertiary/aromatic N) is 3. The number of benzene rings is 2. The SMILES string of the molecule is CCOc1cc(=O)c(C(=O)N2CCc3ccccc3C2)nn1-c1ccc(OC)c(OC)c1. The predicted octanol–water partition coefficient (Wildman–Crippen LogP) is 2.85. The average Bonchev–Trinajstić information content (AvgIpc) is 2.83. The minimum Gasteiger partial charge on any atom is -0.493 e. The lowest BCUT2D eigenvalue weighted by molar-refractivity contribution is 0.0725. The quantitative estimate of drug-likeness (QED) is 0.592. The van der Waals surface area contributed by atoms with Gasteiger partial charge in [0.05, 0.1) is 32.6 Å². The Kier molecular flexibility index (Phi) is 6.11. The number of hydrogen-bond acceptors (Lipinski definition) is 6. The fourth-order valence-electron chi connectivity index (χ4n) is 3.80. The molecule has 0 radical (unpaired) electrons. The van der Waals surface area contributed by atoms with E-state index in [0.717, 1.165) is 12.0 Å². The molecule has 8 nitrogen and oxygen atoms in total. The Morgan fingerprint density at radius 1 is 1.03 bits per heavy atom. The van der Waals surface area contributed by atoms with Crippen molar-refractivity contribution in [2.24, 2.45) is 0 Å². The minimum atomic E-state index is -0.478. The maximum atomic E-state index is 13.3. The van der Waals surface area contributed by atoms with E-state index in [4.69, 9.17) is 14.2 Å². The summed E-state index contributed by atoms with van der Waals surface area (Å²) in [7, 11) is 3.08. The van der Waals surface area contributed by atoms with Gasteiger partial charge in [-0.05, 0) is 36.6 Å². The molecule has 2 aromatic carbocycles. The molecule has 166 valence electrons. The van der Waals surface area contributed by atoms with Crippen LogP contribution in [-0.2, 0) is 13.0 Å². The molecular formula is C24H25N3O5. The van der Waals surface area contributed by atoms with Crippen molar-refractivity contribution < 1.29 is 19.0 Å². The van der Waals surface area contributed by atoms with E-state index in [1.54, 1.807) is 30.2 Å². The maximum absolute atomic E-state index is 13.3. The molecule has 3 aromatic rings. The molecule has 1 aliphatic heterocycles. The third kappa shape index (κ3) is 4.03. The number of carbonyl (C=O) groups excluding carboxylic acids is 1. The molecule has 8 heteroatoms. The van der Waals surface area contributed by atoms with Crippen LogP contribution < -0.4 is 19.6 Å². The molecule has 4 rings (SSSR count). The summed E-state index contributed by atoms with van der Waals surface area (Å²) < 4.78 is 17.8. The lowest BCUT2D eigenvalue weighted by Gasteiger charge is -2.28. The van der Waals surface area contributed by atoms with Gasteiger partial charge in [-0.1, -0.05) is 24.3 Å².